The minimum atomic E-state index is -1.26. The number of nitrogens with one attached hydrogen (secondary N) is 2. The van der Waals surface area contributed by atoms with E-state index in [4.69, 9.17) is 10.5 Å². The average Bonchev–Trinajstić information content (AvgIpc) is 2.20. The van der Waals surface area contributed by atoms with Gasteiger partial charge in [0, 0.05) is 6.20 Å². The summed E-state index contributed by atoms with van der Waals surface area (Å²) in [6.45, 7) is 0. The second-order valence-electron chi connectivity index (χ2n) is 2.27. The number of aliphatic carboxylic acids is 1. The predicted octanol–water partition coefficient (Wildman–Crippen LogP) is 0.584. The zero-order chi connectivity index (χ0) is 10.4. The van der Waals surface area contributed by atoms with E-state index in [9.17, 15) is 4.79 Å². The molecule has 0 bridgehead atoms. The van der Waals surface area contributed by atoms with Crippen LogP contribution in [0, 0.1) is 5.41 Å². The number of anilines is 1. The van der Waals surface area contributed by atoms with Crippen LogP contribution in [0.1, 0.15) is 0 Å². The Labute approximate surface area is 79.8 Å². The molecule has 1 aromatic rings. The number of carboxylic acid groups (broad SMARTS) is 1. The third-order valence-electron chi connectivity index (χ3n) is 1.31. The molecule has 1 aromatic heterocycles. The fourth-order valence-corrected chi connectivity index (χ4v) is 0.688. The minimum Gasteiger partial charge on any atom is -0.476 e. The number of hydrogen-bond donors (Lipinski definition) is 3. The number of carbonyl (C=O) groups is 1. The maximum absolute atomic E-state index is 10.4. The second kappa shape index (κ2) is 4.70. The fraction of sp³-hybridized carbons (Fsp3) is 0. The van der Waals surface area contributed by atoms with Crippen molar-refractivity contribution >= 4 is 23.7 Å². The summed E-state index contributed by atoms with van der Waals surface area (Å²) >= 11 is 0. The summed E-state index contributed by atoms with van der Waals surface area (Å²) in [5, 5.41) is 18.7. The summed E-state index contributed by atoms with van der Waals surface area (Å²) in [7, 11) is 0. The quantitative estimate of drug-likeness (QED) is 0.480. The lowest BCUT2D eigenvalue weighted by Gasteiger charge is -1.97. The number of carboxylic acids is 1. The van der Waals surface area contributed by atoms with Crippen molar-refractivity contribution in [1.29, 1.82) is 5.41 Å². The van der Waals surface area contributed by atoms with Crippen molar-refractivity contribution in [3.8, 4) is 0 Å². The van der Waals surface area contributed by atoms with Crippen LogP contribution in [0.2, 0.25) is 0 Å². The van der Waals surface area contributed by atoms with E-state index in [0.29, 0.717) is 12.0 Å². The molecule has 0 unspecified atom stereocenters. The second-order valence-corrected chi connectivity index (χ2v) is 2.27. The van der Waals surface area contributed by atoms with E-state index in [1.165, 1.54) is 0 Å². The zero-order valence-corrected chi connectivity index (χ0v) is 7.14. The van der Waals surface area contributed by atoms with Gasteiger partial charge < -0.3 is 10.5 Å². The first-order valence-electron chi connectivity index (χ1n) is 3.72. The monoisotopic (exact) mass is 192 g/mol. The van der Waals surface area contributed by atoms with Gasteiger partial charge in [0.15, 0.2) is 5.71 Å². The van der Waals surface area contributed by atoms with Crippen LogP contribution >= 0.6 is 0 Å². The molecular formula is C8H8N4O2. The molecule has 1 rings (SSSR count). The molecule has 0 aliphatic carbocycles. The fourth-order valence-electron chi connectivity index (χ4n) is 0.688. The molecule has 1 heterocycles. The van der Waals surface area contributed by atoms with Crippen LogP contribution in [-0.2, 0) is 4.79 Å². The Hall–Kier alpha value is -2.24. The van der Waals surface area contributed by atoms with E-state index in [1.807, 2.05) is 0 Å². The molecule has 0 aliphatic heterocycles. The van der Waals surface area contributed by atoms with Crippen LogP contribution in [0.3, 0.4) is 0 Å². The number of hydrazone groups is 1. The van der Waals surface area contributed by atoms with Crippen LogP contribution in [0.5, 0.6) is 0 Å². The van der Waals surface area contributed by atoms with Gasteiger partial charge in [-0.2, -0.15) is 5.10 Å². The van der Waals surface area contributed by atoms with Crippen molar-refractivity contribution in [2.75, 3.05) is 5.43 Å². The number of aromatic nitrogens is 1. The first-order valence-corrected chi connectivity index (χ1v) is 3.72. The molecule has 6 heteroatoms. The Bertz CT molecular complexity index is 361. The van der Waals surface area contributed by atoms with Crippen molar-refractivity contribution in [3.05, 3.63) is 24.4 Å². The summed E-state index contributed by atoms with van der Waals surface area (Å²) in [5.41, 5.74) is 2.04. The van der Waals surface area contributed by atoms with E-state index in [2.05, 4.69) is 15.5 Å². The normalized spacial score (nSPS) is 10.7. The maximum atomic E-state index is 10.4. The predicted molar refractivity (Wildman–Crippen MR) is 51.7 cm³/mol. The molecular weight excluding hydrogens is 184 g/mol. The van der Waals surface area contributed by atoms with E-state index in [-0.39, 0.29) is 5.71 Å². The summed E-state index contributed by atoms with van der Waals surface area (Å²) in [5.74, 6) is -0.837. The van der Waals surface area contributed by atoms with Crippen molar-refractivity contribution in [3.63, 3.8) is 0 Å². The van der Waals surface area contributed by atoms with E-state index in [0.717, 1.165) is 0 Å². The van der Waals surface area contributed by atoms with Gasteiger partial charge in [0.1, 0.15) is 5.82 Å². The molecule has 0 atom stereocenters. The van der Waals surface area contributed by atoms with Gasteiger partial charge in [-0.25, -0.2) is 9.78 Å². The first-order chi connectivity index (χ1) is 6.74. The van der Waals surface area contributed by atoms with Crippen LogP contribution in [0.4, 0.5) is 5.82 Å². The molecule has 0 amide bonds. The molecule has 0 aromatic carbocycles. The summed E-state index contributed by atoms with van der Waals surface area (Å²) in [6.07, 6.45) is 2.20. The van der Waals surface area contributed by atoms with Gasteiger partial charge in [0.25, 0.3) is 0 Å². The van der Waals surface area contributed by atoms with Crippen LogP contribution in [-0.4, -0.2) is 28.0 Å². The lowest BCUT2D eigenvalue weighted by atomic mass is 10.4. The topological polar surface area (TPSA) is 98.4 Å². The van der Waals surface area contributed by atoms with Gasteiger partial charge in [0.05, 0.1) is 6.21 Å². The number of hydrogen-bond acceptors (Lipinski definition) is 5. The van der Waals surface area contributed by atoms with E-state index >= 15 is 0 Å². The molecule has 0 saturated carbocycles. The van der Waals surface area contributed by atoms with Gasteiger partial charge in [-0.1, -0.05) is 6.07 Å². The lowest BCUT2D eigenvalue weighted by molar-refractivity contribution is -0.129. The molecule has 3 N–H and O–H groups in total. The van der Waals surface area contributed by atoms with Crippen LogP contribution < -0.4 is 5.43 Å². The number of pyridine rings is 1. The lowest BCUT2D eigenvalue weighted by Crippen LogP contribution is -2.15. The Morgan fingerprint density at radius 2 is 2.43 bits per heavy atom. The highest BCUT2D eigenvalue weighted by atomic mass is 16.4. The Morgan fingerprint density at radius 3 is 2.93 bits per heavy atom. The zero-order valence-electron chi connectivity index (χ0n) is 7.14. The van der Waals surface area contributed by atoms with Crippen LogP contribution in [0.25, 0.3) is 0 Å². The average molecular weight is 192 g/mol. The molecule has 0 aliphatic rings. The molecule has 0 saturated heterocycles. The highest BCUT2D eigenvalue weighted by Gasteiger charge is 2.04. The first kappa shape index (κ1) is 9.85. The Kier molecular flexibility index (Phi) is 3.31. The van der Waals surface area contributed by atoms with Crippen molar-refractivity contribution in [1.82, 2.24) is 4.98 Å². The van der Waals surface area contributed by atoms with Gasteiger partial charge in [-0.3, -0.25) is 5.43 Å². The van der Waals surface area contributed by atoms with Crippen molar-refractivity contribution in [2.45, 2.75) is 0 Å². The van der Waals surface area contributed by atoms with E-state index < -0.39 is 5.97 Å². The van der Waals surface area contributed by atoms with Crippen molar-refractivity contribution < 1.29 is 9.90 Å². The molecule has 72 valence electrons. The highest BCUT2D eigenvalue weighted by Crippen LogP contribution is 1.98. The Morgan fingerprint density at radius 1 is 1.64 bits per heavy atom. The highest BCUT2D eigenvalue weighted by molar-refractivity contribution is 6.58. The summed E-state index contributed by atoms with van der Waals surface area (Å²) in [4.78, 5) is 14.3. The van der Waals surface area contributed by atoms with Crippen molar-refractivity contribution in [2.24, 2.45) is 5.10 Å². The molecule has 6 nitrogen and oxygen atoms in total. The largest absolute Gasteiger partial charge is 0.476 e. The number of nitrogens with zero attached hydrogens (tertiary/aromatic N) is 2. The molecule has 14 heavy (non-hydrogen) atoms. The molecule has 0 radical (unpaired) electrons. The summed E-state index contributed by atoms with van der Waals surface area (Å²) < 4.78 is 0. The minimum absolute atomic E-state index is 0.379. The number of rotatable bonds is 4. The van der Waals surface area contributed by atoms with Crippen LogP contribution in [0.15, 0.2) is 29.5 Å². The smallest absolute Gasteiger partial charge is 0.357 e. The van der Waals surface area contributed by atoms with Gasteiger partial charge in [0.2, 0.25) is 0 Å². The third-order valence-corrected chi connectivity index (χ3v) is 1.31. The summed E-state index contributed by atoms with van der Waals surface area (Å²) in [6, 6.07) is 5.09. The van der Waals surface area contributed by atoms with E-state index in [1.54, 1.807) is 24.4 Å². The third kappa shape index (κ3) is 2.67. The van der Waals surface area contributed by atoms with Gasteiger partial charge in [-0.05, 0) is 12.1 Å². The van der Waals surface area contributed by atoms with Gasteiger partial charge >= 0.3 is 5.97 Å². The Balaban J connectivity index is 2.71. The SMILES string of the molecule is N=C/C(=N\Nc1ccccn1)C(=O)O. The maximum Gasteiger partial charge on any atom is 0.357 e. The molecule has 0 fully saturated rings. The standard InChI is InChI=1S/C8H8N4O2/c9-5-6(8(13)14)11-12-7-3-1-2-4-10-7/h1-5,9H,(H,10,12)(H,13,14)/b9-5?,11-6+. The van der Waals surface area contributed by atoms with Gasteiger partial charge in [-0.15, -0.1) is 0 Å². The molecule has 0 spiro atoms.